The molecule has 1 aliphatic heterocycles. The van der Waals surface area contributed by atoms with Gasteiger partial charge < -0.3 is 14.5 Å². The Morgan fingerprint density at radius 3 is 2.44 bits per heavy atom. The van der Waals surface area contributed by atoms with Gasteiger partial charge in [0.1, 0.15) is 17.8 Å². The maximum atomic E-state index is 12.7. The molecule has 1 fully saturated rings. The molecule has 0 saturated carbocycles. The second-order valence-electron chi connectivity index (χ2n) is 5.79. The van der Waals surface area contributed by atoms with Gasteiger partial charge in [-0.2, -0.15) is 8.78 Å². The van der Waals surface area contributed by atoms with Crippen molar-refractivity contribution in [2.24, 2.45) is 0 Å². The van der Waals surface area contributed by atoms with E-state index in [9.17, 15) is 23.7 Å². The summed E-state index contributed by atoms with van der Waals surface area (Å²) < 4.78 is 29.5. The van der Waals surface area contributed by atoms with Crippen molar-refractivity contribution in [3.63, 3.8) is 0 Å². The molecule has 2 heterocycles. The molecule has 1 aromatic carbocycles. The van der Waals surface area contributed by atoms with E-state index in [0.717, 1.165) is 0 Å². The summed E-state index contributed by atoms with van der Waals surface area (Å²) in [5, 5.41) is 10.7. The van der Waals surface area contributed by atoms with Gasteiger partial charge in [0, 0.05) is 32.2 Å². The first-order valence-electron chi connectivity index (χ1n) is 8.14. The number of piperazine rings is 1. The van der Waals surface area contributed by atoms with Crippen LogP contribution in [-0.2, 0) is 0 Å². The first-order chi connectivity index (χ1) is 13.0. The molecule has 0 bridgehead atoms. The molecule has 1 aromatic heterocycles. The highest BCUT2D eigenvalue weighted by Crippen LogP contribution is 2.23. The van der Waals surface area contributed by atoms with Gasteiger partial charge in [0.15, 0.2) is 0 Å². The third kappa shape index (κ3) is 4.27. The number of anilines is 1. The van der Waals surface area contributed by atoms with Crippen LogP contribution in [0.15, 0.2) is 42.6 Å². The van der Waals surface area contributed by atoms with Crippen molar-refractivity contribution >= 4 is 17.4 Å². The fraction of sp³-hybridized carbons (Fsp3) is 0.294. The molecule has 0 atom stereocenters. The summed E-state index contributed by atoms with van der Waals surface area (Å²) in [6, 6.07) is 8.81. The number of ether oxygens (including phenoxy) is 1. The highest BCUT2D eigenvalue weighted by atomic mass is 19.3. The van der Waals surface area contributed by atoms with Gasteiger partial charge in [-0.3, -0.25) is 14.9 Å². The average molecular weight is 378 g/mol. The number of hydrogen-bond donors (Lipinski definition) is 0. The second kappa shape index (κ2) is 7.94. The van der Waals surface area contributed by atoms with Gasteiger partial charge in [0.05, 0.1) is 10.5 Å². The van der Waals surface area contributed by atoms with Crippen LogP contribution in [0.4, 0.5) is 20.3 Å². The minimum absolute atomic E-state index is 0.0831. The van der Waals surface area contributed by atoms with Gasteiger partial charge in [-0.15, -0.1) is 0 Å². The highest BCUT2D eigenvalue weighted by molar-refractivity contribution is 5.97. The minimum atomic E-state index is -3.01. The van der Waals surface area contributed by atoms with Gasteiger partial charge in [0.25, 0.3) is 11.6 Å². The van der Waals surface area contributed by atoms with Crippen LogP contribution in [0.2, 0.25) is 0 Å². The van der Waals surface area contributed by atoms with Crippen molar-refractivity contribution in [1.29, 1.82) is 0 Å². The molecule has 2 aromatic rings. The van der Waals surface area contributed by atoms with E-state index in [1.54, 1.807) is 17.0 Å². The fourth-order valence-electron chi connectivity index (χ4n) is 2.82. The average Bonchev–Trinajstić information content (AvgIpc) is 2.68. The van der Waals surface area contributed by atoms with Crippen LogP contribution >= 0.6 is 0 Å². The molecule has 0 aliphatic carbocycles. The number of amides is 1. The molecule has 0 radical (unpaired) electrons. The topological polar surface area (TPSA) is 88.8 Å². The zero-order valence-electron chi connectivity index (χ0n) is 14.1. The van der Waals surface area contributed by atoms with Gasteiger partial charge >= 0.3 is 6.61 Å². The Balaban J connectivity index is 1.65. The van der Waals surface area contributed by atoms with E-state index >= 15 is 0 Å². The van der Waals surface area contributed by atoms with Crippen molar-refractivity contribution in [2.45, 2.75) is 6.61 Å². The third-order valence-electron chi connectivity index (χ3n) is 4.17. The summed E-state index contributed by atoms with van der Waals surface area (Å²) in [7, 11) is 0. The molecule has 0 N–H and O–H groups in total. The summed E-state index contributed by atoms with van der Waals surface area (Å²) in [4.78, 5) is 30.3. The molecule has 142 valence electrons. The van der Waals surface area contributed by atoms with E-state index in [0.29, 0.717) is 32.0 Å². The van der Waals surface area contributed by atoms with Crippen LogP contribution in [0.5, 0.6) is 5.75 Å². The van der Waals surface area contributed by atoms with Crippen LogP contribution in [0.1, 0.15) is 10.4 Å². The molecular formula is C17H16F2N4O4. The van der Waals surface area contributed by atoms with E-state index in [1.165, 1.54) is 30.5 Å². The maximum absolute atomic E-state index is 12.7. The number of nitrogens with zero attached hydrogens (tertiary/aromatic N) is 4. The highest BCUT2D eigenvalue weighted by Gasteiger charge is 2.25. The van der Waals surface area contributed by atoms with Crippen LogP contribution in [0.25, 0.3) is 0 Å². The number of carbonyl (C=O) groups is 1. The van der Waals surface area contributed by atoms with Crippen molar-refractivity contribution < 1.29 is 23.2 Å². The molecule has 1 saturated heterocycles. The summed E-state index contributed by atoms with van der Waals surface area (Å²) in [5.41, 5.74) is -0.0112. The molecule has 0 unspecified atom stereocenters. The molecule has 0 spiro atoms. The number of para-hydroxylation sites is 1. The summed E-state index contributed by atoms with van der Waals surface area (Å²) in [5.74, 6) is 0.0358. The number of carbonyl (C=O) groups excluding carboxylic acids is 1. The van der Waals surface area contributed by atoms with E-state index in [1.807, 2.05) is 4.90 Å². The first kappa shape index (κ1) is 18.5. The SMILES string of the molecule is O=C(c1ccccc1OC(F)F)N1CCN(c2ccc([N+](=O)[O-])cn2)CC1. The maximum Gasteiger partial charge on any atom is 0.387 e. The number of halogens is 2. The zero-order chi connectivity index (χ0) is 19.4. The Kier molecular flexibility index (Phi) is 5.43. The molecule has 8 nitrogen and oxygen atoms in total. The smallest absolute Gasteiger partial charge is 0.387 e. The van der Waals surface area contributed by atoms with Gasteiger partial charge in [0.2, 0.25) is 0 Å². The van der Waals surface area contributed by atoms with Crippen LogP contribution in [0, 0.1) is 10.1 Å². The van der Waals surface area contributed by atoms with Crippen LogP contribution < -0.4 is 9.64 Å². The lowest BCUT2D eigenvalue weighted by molar-refractivity contribution is -0.385. The van der Waals surface area contributed by atoms with Gasteiger partial charge in [-0.25, -0.2) is 4.98 Å². The number of aromatic nitrogens is 1. The van der Waals surface area contributed by atoms with Crippen molar-refractivity contribution in [3.8, 4) is 5.75 Å². The van der Waals surface area contributed by atoms with E-state index < -0.39 is 11.5 Å². The standard InChI is InChI=1S/C17H16F2N4O4/c18-17(19)27-14-4-2-1-3-13(14)16(24)22-9-7-21(8-10-22)15-6-5-12(11-20-15)23(25)26/h1-6,11,17H,7-10H2. The normalized spacial score (nSPS) is 14.3. The molecule has 1 amide bonds. The lowest BCUT2D eigenvalue weighted by atomic mass is 10.1. The Hall–Kier alpha value is -3.30. The quantitative estimate of drug-likeness (QED) is 0.587. The molecular weight excluding hydrogens is 362 g/mol. The minimum Gasteiger partial charge on any atom is -0.434 e. The van der Waals surface area contributed by atoms with Crippen molar-refractivity contribution in [1.82, 2.24) is 9.88 Å². The van der Waals surface area contributed by atoms with Crippen LogP contribution in [0.3, 0.4) is 0 Å². The lowest BCUT2D eigenvalue weighted by Crippen LogP contribution is -2.49. The predicted molar refractivity (Wildman–Crippen MR) is 92.1 cm³/mol. The molecule has 1 aliphatic rings. The van der Waals surface area contributed by atoms with Gasteiger partial charge in [-0.1, -0.05) is 12.1 Å². The third-order valence-corrected chi connectivity index (χ3v) is 4.17. The number of nitro groups is 1. The zero-order valence-corrected chi connectivity index (χ0v) is 14.1. The number of benzene rings is 1. The Labute approximate surface area is 153 Å². The number of hydrogen-bond acceptors (Lipinski definition) is 6. The second-order valence-corrected chi connectivity index (χ2v) is 5.79. The Bertz CT molecular complexity index is 824. The lowest BCUT2D eigenvalue weighted by Gasteiger charge is -2.35. The molecule has 3 rings (SSSR count). The fourth-order valence-corrected chi connectivity index (χ4v) is 2.82. The summed E-state index contributed by atoms with van der Waals surface area (Å²) >= 11 is 0. The van der Waals surface area contributed by atoms with Crippen LogP contribution in [-0.4, -0.2) is 53.5 Å². The largest absolute Gasteiger partial charge is 0.434 e. The van der Waals surface area contributed by atoms with Crippen molar-refractivity contribution in [2.75, 3.05) is 31.1 Å². The van der Waals surface area contributed by atoms with Gasteiger partial charge in [-0.05, 0) is 18.2 Å². The number of pyridine rings is 1. The molecule has 27 heavy (non-hydrogen) atoms. The number of alkyl halides is 2. The number of rotatable bonds is 5. The summed E-state index contributed by atoms with van der Waals surface area (Å²) in [6.07, 6.45) is 1.19. The summed E-state index contributed by atoms with van der Waals surface area (Å²) in [6.45, 7) is -1.35. The predicted octanol–water partition coefficient (Wildman–Crippen LogP) is 2.55. The van der Waals surface area contributed by atoms with E-state index in [-0.39, 0.29) is 22.9 Å². The Morgan fingerprint density at radius 2 is 1.85 bits per heavy atom. The van der Waals surface area contributed by atoms with Crippen molar-refractivity contribution in [3.05, 3.63) is 58.3 Å². The van der Waals surface area contributed by atoms with E-state index in [2.05, 4.69) is 9.72 Å². The molecule has 10 heteroatoms. The van der Waals surface area contributed by atoms with E-state index in [4.69, 9.17) is 0 Å². The first-order valence-corrected chi connectivity index (χ1v) is 8.14. The monoisotopic (exact) mass is 378 g/mol. The Morgan fingerprint density at radius 1 is 1.15 bits per heavy atom.